The van der Waals surface area contributed by atoms with Crippen molar-refractivity contribution in [1.29, 1.82) is 5.26 Å². The van der Waals surface area contributed by atoms with E-state index in [1.807, 2.05) is 12.1 Å². The molecule has 4 heteroatoms. The summed E-state index contributed by atoms with van der Waals surface area (Å²) in [6, 6.07) is 9.24. The van der Waals surface area contributed by atoms with Gasteiger partial charge in [0.2, 0.25) is 0 Å². The zero-order chi connectivity index (χ0) is 13.7. The number of nitrogens with zero attached hydrogens (tertiary/aromatic N) is 1. The van der Waals surface area contributed by atoms with Gasteiger partial charge in [-0.15, -0.1) is 0 Å². The molecule has 0 aliphatic heterocycles. The highest BCUT2D eigenvalue weighted by Gasteiger charge is 2.19. The lowest BCUT2D eigenvalue weighted by Crippen LogP contribution is -2.33. The lowest BCUT2D eigenvalue weighted by atomic mass is 10.1. The predicted octanol–water partition coefficient (Wildman–Crippen LogP) is 3.31. The normalized spacial score (nSPS) is 16.1. The molecule has 1 saturated carbocycles. The second-order valence-electron chi connectivity index (χ2n) is 4.68. The van der Waals surface area contributed by atoms with Crippen LogP contribution in [-0.2, 0) is 4.79 Å². The van der Waals surface area contributed by atoms with E-state index in [-0.39, 0.29) is 17.5 Å². The number of benzene rings is 1. The van der Waals surface area contributed by atoms with E-state index in [1.165, 1.54) is 0 Å². The van der Waals surface area contributed by atoms with Crippen LogP contribution in [0.2, 0.25) is 5.02 Å². The molecule has 0 spiro atoms. The zero-order valence-corrected chi connectivity index (χ0v) is 11.3. The monoisotopic (exact) mass is 274 g/mol. The van der Waals surface area contributed by atoms with Gasteiger partial charge in [-0.3, -0.25) is 4.79 Å². The summed E-state index contributed by atoms with van der Waals surface area (Å²) in [5, 5.41) is 12.6. The Hall–Kier alpha value is -1.79. The van der Waals surface area contributed by atoms with Gasteiger partial charge in [-0.2, -0.15) is 5.26 Å². The highest BCUT2D eigenvalue weighted by atomic mass is 35.5. The lowest BCUT2D eigenvalue weighted by Gasteiger charge is -2.10. The molecule has 19 heavy (non-hydrogen) atoms. The standard InChI is InChI=1S/C15H15ClN2O/c16-13-5-3-4-11(9-13)8-12(10-17)15(19)18-14-6-1-2-7-14/h3-5,8-9,14H,1-2,6-7H2,(H,18,19)/b12-8+. The van der Waals surface area contributed by atoms with Crippen LogP contribution in [0.3, 0.4) is 0 Å². The Morgan fingerprint density at radius 1 is 1.42 bits per heavy atom. The van der Waals surface area contributed by atoms with Gasteiger partial charge >= 0.3 is 0 Å². The van der Waals surface area contributed by atoms with E-state index in [9.17, 15) is 4.79 Å². The Morgan fingerprint density at radius 3 is 2.79 bits per heavy atom. The first-order valence-electron chi connectivity index (χ1n) is 6.37. The summed E-state index contributed by atoms with van der Waals surface area (Å²) in [6.07, 6.45) is 5.86. The average Bonchev–Trinajstić information content (AvgIpc) is 2.88. The molecule has 98 valence electrons. The number of hydrogen-bond acceptors (Lipinski definition) is 2. The molecule has 0 aromatic heterocycles. The number of hydrogen-bond donors (Lipinski definition) is 1. The van der Waals surface area contributed by atoms with Crippen molar-refractivity contribution in [3.05, 3.63) is 40.4 Å². The molecule has 0 radical (unpaired) electrons. The van der Waals surface area contributed by atoms with Crippen LogP contribution in [0.1, 0.15) is 31.2 Å². The highest BCUT2D eigenvalue weighted by Crippen LogP contribution is 2.18. The minimum Gasteiger partial charge on any atom is -0.349 e. The molecule has 0 bridgehead atoms. The van der Waals surface area contributed by atoms with Crippen molar-refractivity contribution in [3.8, 4) is 6.07 Å². The zero-order valence-electron chi connectivity index (χ0n) is 10.5. The van der Waals surface area contributed by atoms with Crippen molar-refractivity contribution in [2.24, 2.45) is 0 Å². The highest BCUT2D eigenvalue weighted by molar-refractivity contribution is 6.30. The first kappa shape index (κ1) is 13.6. The summed E-state index contributed by atoms with van der Waals surface area (Å²) in [6.45, 7) is 0. The van der Waals surface area contributed by atoms with E-state index in [0.717, 1.165) is 31.2 Å². The van der Waals surface area contributed by atoms with Gasteiger partial charge in [-0.1, -0.05) is 36.6 Å². The fourth-order valence-electron chi connectivity index (χ4n) is 2.24. The van der Waals surface area contributed by atoms with Gasteiger partial charge in [0.15, 0.2) is 0 Å². The Labute approximate surface area is 117 Å². The summed E-state index contributed by atoms with van der Waals surface area (Å²) in [4.78, 5) is 12.0. The van der Waals surface area contributed by atoms with Crippen LogP contribution in [0.15, 0.2) is 29.8 Å². The number of amides is 1. The van der Waals surface area contributed by atoms with Crippen molar-refractivity contribution < 1.29 is 4.79 Å². The summed E-state index contributed by atoms with van der Waals surface area (Å²) < 4.78 is 0. The molecule has 1 aliphatic rings. The first-order chi connectivity index (χ1) is 9.19. The fourth-order valence-corrected chi connectivity index (χ4v) is 2.44. The van der Waals surface area contributed by atoms with Crippen LogP contribution in [-0.4, -0.2) is 11.9 Å². The molecule has 0 atom stereocenters. The molecular weight excluding hydrogens is 260 g/mol. The van der Waals surface area contributed by atoms with Gasteiger partial charge in [-0.25, -0.2) is 0 Å². The van der Waals surface area contributed by atoms with E-state index >= 15 is 0 Å². The fraction of sp³-hybridized carbons (Fsp3) is 0.333. The largest absolute Gasteiger partial charge is 0.349 e. The molecule has 1 aliphatic carbocycles. The van der Waals surface area contributed by atoms with E-state index in [1.54, 1.807) is 24.3 Å². The van der Waals surface area contributed by atoms with Gasteiger partial charge in [0, 0.05) is 11.1 Å². The van der Waals surface area contributed by atoms with Gasteiger partial charge in [0.1, 0.15) is 11.6 Å². The molecule has 1 amide bonds. The van der Waals surface area contributed by atoms with Crippen LogP contribution in [0.25, 0.3) is 6.08 Å². The molecule has 0 heterocycles. The number of nitrogens with one attached hydrogen (secondary N) is 1. The number of nitriles is 1. The maximum absolute atomic E-state index is 12.0. The van der Waals surface area contributed by atoms with E-state index in [2.05, 4.69) is 5.32 Å². The van der Waals surface area contributed by atoms with Crippen molar-refractivity contribution in [3.63, 3.8) is 0 Å². The first-order valence-corrected chi connectivity index (χ1v) is 6.75. The van der Waals surface area contributed by atoms with Gasteiger partial charge in [0.25, 0.3) is 5.91 Å². The minimum absolute atomic E-state index is 0.120. The Balaban J connectivity index is 2.10. The molecule has 2 rings (SSSR count). The summed E-state index contributed by atoms with van der Waals surface area (Å²) >= 11 is 5.88. The van der Waals surface area contributed by atoms with Gasteiger partial charge < -0.3 is 5.32 Å². The molecule has 1 fully saturated rings. The molecule has 3 nitrogen and oxygen atoms in total. The third-order valence-electron chi connectivity index (χ3n) is 3.22. The van der Waals surface area contributed by atoms with Gasteiger partial charge in [0.05, 0.1) is 0 Å². The topological polar surface area (TPSA) is 52.9 Å². The third kappa shape index (κ3) is 3.84. The Morgan fingerprint density at radius 2 is 2.16 bits per heavy atom. The summed E-state index contributed by atoms with van der Waals surface area (Å²) in [7, 11) is 0. The summed E-state index contributed by atoms with van der Waals surface area (Å²) in [5.74, 6) is -0.297. The number of carbonyl (C=O) groups excluding carboxylic acids is 1. The van der Waals surface area contributed by atoms with E-state index in [4.69, 9.17) is 16.9 Å². The van der Waals surface area contributed by atoms with Crippen LogP contribution in [0.5, 0.6) is 0 Å². The van der Waals surface area contributed by atoms with Crippen LogP contribution < -0.4 is 5.32 Å². The maximum Gasteiger partial charge on any atom is 0.262 e. The Bertz CT molecular complexity index is 539. The van der Waals surface area contributed by atoms with Crippen molar-refractivity contribution in [2.45, 2.75) is 31.7 Å². The number of rotatable bonds is 3. The average molecular weight is 275 g/mol. The van der Waals surface area contributed by atoms with Crippen molar-refractivity contribution in [1.82, 2.24) is 5.32 Å². The van der Waals surface area contributed by atoms with Crippen molar-refractivity contribution >= 4 is 23.6 Å². The molecular formula is C15H15ClN2O. The Kier molecular flexibility index (Phi) is 4.59. The van der Waals surface area contributed by atoms with Gasteiger partial charge in [-0.05, 0) is 36.6 Å². The SMILES string of the molecule is N#C/C(=C\c1cccc(Cl)c1)C(=O)NC1CCCC1. The lowest BCUT2D eigenvalue weighted by molar-refractivity contribution is -0.117. The molecule has 0 saturated heterocycles. The smallest absolute Gasteiger partial charge is 0.262 e. The molecule has 1 aromatic rings. The van der Waals surface area contributed by atoms with Crippen LogP contribution in [0, 0.1) is 11.3 Å². The number of halogens is 1. The molecule has 0 unspecified atom stereocenters. The molecule has 1 N–H and O–H groups in total. The predicted molar refractivity (Wildman–Crippen MR) is 75.4 cm³/mol. The summed E-state index contributed by atoms with van der Waals surface area (Å²) in [5.41, 5.74) is 0.875. The number of carbonyl (C=O) groups is 1. The van der Waals surface area contributed by atoms with Crippen LogP contribution >= 0.6 is 11.6 Å². The quantitative estimate of drug-likeness (QED) is 0.679. The van der Waals surface area contributed by atoms with Crippen molar-refractivity contribution in [2.75, 3.05) is 0 Å². The molecule has 1 aromatic carbocycles. The van der Waals surface area contributed by atoms with Crippen LogP contribution in [0.4, 0.5) is 0 Å². The maximum atomic E-state index is 12.0. The van der Waals surface area contributed by atoms with E-state index < -0.39 is 0 Å². The van der Waals surface area contributed by atoms with E-state index in [0.29, 0.717) is 5.02 Å². The minimum atomic E-state index is -0.297. The second-order valence-corrected chi connectivity index (χ2v) is 5.12. The second kappa shape index (κ2) is 6.40. The third-order valence-corrected chi connectivity index (χ3v) is 3.45.